The van der Waals surface area contributed by atoms with E-state index in [1.807, 2.05) is 0 Å². The summed E-state index contributed by atoms with van der Waals surface area (Å²) >= 11 is 0. The highest BCUT2D eigenvalue weighted by Gasteiger charge is 2.30. The van der Waals surface area contributed by atoms with Crippen molar-refractivity contribution in [3.05, 3.63) is 64.2 Å². The minimum absolute atomic E-state index is 0.650. The molecule has 0 spiro atoms. The van der Waals surface area contributed by atoms with Gasteiger partial charge in [0.05, 0.1) is 0 Å². The van der Waals surface area contributed by atoms with Gasteiger partial charge in [0.15, 0.2) is 0 Å². The third-order valence-corrected chi connectivity index (χ3v) is 8.05. The second-order valence-electron chi connectivity index (χ2n) is 10.4. The molecule has 1 heteroatoms. The van der Waals surface area contributed by atoms with Crippen LogP contribution in [-0.4, -0.2) is 0 Å². The molecule has 0 atom stereocenters. The Kier molecular flexibility index (Phi) is 6.86. The van der Waals surface area contributed by atoms with Gasteiger partial charge in [-0.1, -0.05) is 55.7 Å². The minimum atomic E-state index is 0.650. The lowest BCUT2D eigenvalue weighted by molar-refractivity contribution is 0.165. The lowest BCUT2D eigenvalue weighted by Crippen LogP contribution is -2.24. The zero-order chi connectivity index (χ0) is 21.1. The van der Waals surface area contributed by atoms with E-state index >= 15 is 0 Å². The third-order valence-electron chi connectivity index (χ3n) is 8.05. The number of aryl methyl sites for hydroxylation is 3. The topological polar surface area (TPSA) is 9.23 Å². The highest BCUT2D eigenvalue weighted by atomic mass is 16.5. The molecule has 0 bridgehead atoms. The molecule has 0 unspecified atom stereocenters. The SMILES string of the molecule is Cc1ccc(COc2ccc(C3CCC(C4CCC(C)CC4)CC3)cc2C)c(C)c1. The number of rotatable bonds is 5. The van der Waals surface area contributed by atoms with E-state index in [9.17, 15) is 0 Å². The van der Waals surface area contributed by atoms with Gasteiger partial charge in [0, 0.05) is 0 Å². The van der Waals surface area contributed by atoms with Crippen LogP contribution in [0.1, 0.15) is 92.0 Å². The largest absolute Gasteiger partial charge is 0.489 e. The van der Waals surface area contributed by atoms with Crippen molar-refractivity contribution in [2.75, 3.05) is 0 Å². The van der Waals surface area contributed by atoms with E-state index in [0.717, 1.165) is 29.4 Å². The van der Waals surface area contributed by atoms with Gasteiger partial charge in [0.1, 0.15) is 12.4 Å². The average molecular weight is 405 g/mol. The molecule has 30 heavy (non-hydrogen) atoms. The van der Waals surface area contributed by atoms with Crippen LogP contribution in [0, 0.1) is 38.5 Å². The number of hydrogen-bond donors (Lipinski definition) is 0. The van der Waals surface area contributed by atoms with E-state index in [0.29, 0.717) is 6.61 Å². The number of ether oxygens (including phenoxy) is 1. The maximum atomic E-state index is 6.19. The summed E-state index contributed by atoms with van der Waals surface area (Å²) in [4.78, 5) is 0. The van der Waals surface area contributed by atoms with Crippen LogP contribution >= 0.6 is 0 Å². The Morgan fingerprint density at radius 2 is 1.40 bits per heavy atom. The Morgan fingerprint density at radius 1 is 0.733 bits per heavy atom. The van der Waals surface area contributed by atoms with Crippen molar-refractivity contribution < 1.29 is 4.74 Å². The van der Waals surface area contributed by atoms with Crippen LogP contribution < -0.4 is 4.74 Å². The zero-order valence-electron chi connectivity index (χ0n) is 19.5. The molecule has 2 aromatic carbocycles. The van der Waals surface area contributed by atoms with Crippen molar-refractivity contribution in [3.63, 3.8) is 0 Å². The third kappa shape index (κ3) is 5.10. The van der Waals surface area contributed by atoms with Gasteiger partial charge in [-0.3, -0.25) is 0 Å². The summed E-state index contributed by atoms with van der Waals surface area (Å²) in [5.74, 6) is 4.76. The molecule has 2 fully saturated rings. The molecule has 2 aliphatic rings. The molecule has 1 nitrogen and oxygen atoms in total. The van der Waals surface area contributed by atoms with Crippen LogP contribution in [0.2, 0.25) is 0 Å². The number of hydrogen-bond acceptors (Lipinski definition) is 1. The Balaban J connectivity index is 1.32. The second kappa shape index (κ2) is 9.58. The predicted octanol–water partition coefficient (Wildman–Crippen LogP) is 8.29. The Bertz CT molecular complexity index is 835. The van der Waals surface area contributed by atoms with Gasteiger partial charge in [-0.15, -0.1) is 0 Å². The summed E-state index contributed by atoms with van der Waals surface area (Å²) in [5, 5.41) is 0. The first-order valence-electron chi connectivity index (χ1n) is 12.3. The molecule has 0 amide bonds. The minimum Gasteiger partial charge on any atom is -0.489 e. The summed E-state index contributed by atoms with van der Waals surface area (Å²) < 4.78 is 6.19. The Hall–Kier alpha value is -1.76. The van der Waals surface area contributed by atoms with Crippen molar-refractivity contribution in [1.82, 2.24) is 0 Å². The highest BCUT2D eigenvalue weighted by Crippen LogP contribution is 2.44. The molecular weight excluding hydrogens is 364 g/mol. The quantitative estimate of drug-likeness (QED) is 0.487. The molecule has 2 aromatic rings. The lowest BCUT2D eigenvalue weighted by Gasteiger charge is -2.37. The summed E-state index contributed by atoms with van der Waals surface area (Å²) in [5.41, 5.74) is 6.71. The second-order valence-corrected chi connectivity index (χ2v) is 10.4. The first kappa shape index (κ1) is 21.5. The summed E-state index contributed by atoms with van der Waals surface area (Å²) in [6.45, 7) is 9.60. The molecule has 0 heterocycles. The number of benzene rings is 2. The maximum absolute atomic E-state index is 6.19. The van der Waals surface area contributed by atoms with Crippen LogP contribution in [0.4, 0.5) is 0 Å². The lowest BCUT2D eigenvalue weighted by atomic mass is 9.68. The standard InChI is InChI=1S/C29H40O/c1-20-5-8-24(9-6-20)25-11-13-26(14-12-25)27-15-16-29(23(4)18-27)30-19-28-10-7-21(2)17-22(28)3/h7,10,15-18,20,24-26H,5-6,8-9,11-14,19H2,1-4H3. The fraction of sp³-hybridized carbons (Fsp3) is 0.586. The Labute approximate surface area is 184 Å². The molecule has 4 rings (SSSR count). The average Bonchev–Trinajstić information content (AvgIpc) is 2.75. The first-order valence-corrected chi connectivity index (χ1v) is 12.3. The van der Waals surface area contributed by atoms with Gasteiger partial charge in [0.2, 0.25) is 0 Å². The van der Waals surface area contributed by atoms with E-state index in [2.05, 4.69) is 64.1 Å². The van der Waals surface area contributed by atoms with Crippen molar-refractivity contribution in [1.29, 1.82) is 0 Å². The van der Waals surface area contributed by atoms with Gasteiger partial charge < -0.3 is 4.74 Å². The molecule has 0 radical (unpaired) electrons. The molecule has 0 saturated heterocycles. The van der Waals surface area contributed by atoms with Crippen LogP contribution in [-0.2, 0) is 6.61 Å². The molecule has 0 aliphatic heterocycles. The molecule has 0 aromatic heterocycles. The van der Waals surface area contributed by atoms with Crippen molar-refractivity contribution in [2.45, 2.75) is 91.6 Å². The van der Waals surface area contributed by atoms with E-state index in [1.165, 1.54) is 79.2 Å². The van der Waals surface area contributed by atoms with Crippen LogP contribution in [0.3, 0.4) is 0 Å². The monoisotopic (exact) mass is 404 g/mol. The molecule has 2 aliphatic carbocycles. The van der Waals surface area contributed by atoms with Gasteiger partial charge in [-0.05, 0) is 111 Å². The van der Waals surface area contributed by atoms with E-state index < -0.39 is 0 Å². The highest BCUT2D eigenvalue weighted by molar-refractivity contribution is 5.38. The fourth-order valence-corrected chi connectivity index (χ4v) is 5.93. The van der Waals surface area contributed by atoms with Gasteiger partial charge >= 0.3 is 0 Å². The summed E-state index contributed by atoms with van der Waals surface area (Å²) in [6, 6.07) is 13.5. The van der Waals surface area contributed by atoms with Crippen molar-refractivity contribution in [2.24, 2.45) is 17.8 Å². The summed E-state index contributed by atoms with van der Waals surface area (Å²) in [6.07, 6.45) is 11.5. The van der Waals surface area contributed by atoms with E-state index in [-0.39, 0.29) is 0 Å². The van der Waals surface area contributed by atoms with Crippen molar-refractivity contribution in [3.8, 4) is 5.75 Å². The van der Waals surface area contributed by atoms with E-state index in [4.69, 9.17) is 4.74 Å². The normalized spacial score (nSPS) is 27.1. The molecule has 162 valence electrons. The summed E-state index contributed by atoms with van der Waals surface area (Å²) in [7, 11) is 0. The molecule has 0 N–H and O–H groups in total. The molecule has 2 saturated carbocycles. The Morgan fingerprint density at radius 3 is 2.03 bits per heavy atom. The molecular formula is C29H40O. The van der Waals surface area contributed by atoms with Crippen LogP contribution in [0.15, 0.2) is 36.4 Å². The maximum Gasteiger partial charge on any atom is 0.122 e. The van der Waals surface area contributed by atoms with E-state index in [1.54, 1.807) is 0 Å². The zero-order valence-corrected chi connectivity index (χ0v) is 19.5. The van der Waals surface area contributed by atoms with Crippen molar-refractivity contribution >= 4 is 0 Å². The van der Waals surface area contributed by atoms with Crippen LogP contribution in [0.25, 0.3) is 0 Å². The first-order chi connectivity index (χ1) is 14.5. The van der Waals surface area contributed by atoms with Gasteiger partial charge in [-0.2, -0.15) is 0 Å². The predicted molar refractivity (Wildman–Crippen MR) is 127 cm³/mol. The van der Waals surface area contributed by atoms with Crippen LogP contribution in [0.5, 0.6) is 5.75 Å². The fourth-order valence-electron chi connectivity index (χ4n) is 5.93. The van der Waals surface area contributed by atoms with Gasteiger partial charge in [-0.25, -0.2) is 0 Å². The smallest absolute Gasteiger partial charge is 0.122 e. The van der Waals surface area contributed by atoms with Gasteiger partial charge in [0.25, 0.3) is 0 Å².